The molecule has 0 aliphatic rings. The molecular formula is C11H12N4O2S. The number of hydrogen-bond donors (Lipinski definition) is 3. The average molecular weight is 264 g/mol. The minimum absolute atomic E-state index is 0.0828. The number of aryl methyl sites for hydroxylation is 1. The normalized spacial score (nSPS) is 10.9. The number of hydrogen-bond acceptors (Lipinski definition) is 4. The van der Waals surface area contributed by atoms with Crippen molar-refractivity contribution < 1.29 is 4.79 Å². The maximum Gasteiger partial charge on any atom is 0.264 e. The lowest BCUT2D eigenvalue weighted by Crippen LogP contribution is -2.20. The Labute approximate surface area is 107 Å². The molecule has 0 bridgehead atoms. The Kier molecular flexibility index (Phi) is 3.73. The third-order valence-corrected chi connectivity index (χ3v) is 3.23. The molecule has 0 saturated carbocycles. The van der Waals surface area contributed by atoms with Crippen molar-refractivity contribution in [2.45, 2.75) is 13.3 Å². The SMILES string of the molecule is Cc1ccsc1/C=N\NC(=O)Cc1cc(=O)[nH][nH]1. The molecule has 0 atom stereocenters. The second kappa shape index (κ2) is 5.46. The van der Waals surface area contributed by atoms with Crippen LogP contribution in [-0.4, -0.2) is 22.3 Å². The van der Waals surface area contributed by atoms with E-state index in [2.05, 4.69) is 20.7 Å². The highest BCUT2D eigenvalue weighted by atomic mass is 32.1. The average Bonchev–Trinajstić information content (AvgIpc) is 2.89. The van der Waals surface area contributed by atoms with Gasteiger partial charge in [-0.25, -0.2) is 5.43 Å². The van der Waals surface area contributed by atoms with E-state index in [1.54, 1.807) is 17.6 Å². The van der Waals surface area contributed by atoms with Gasteiger partial charge in [0.2, 0.25) is 5.91 Å². The zero-order chi connectivity index (χ0) is 13.0. The van der Waals surface area contributed by atoms with Gasteiger partial charge in [-0.1, -0.05) is 0 Å². The summed E-state index contributed by atoms with van der Waals surface area (Å²) in [5, 5.41) is 10.8. The highest BCUT2D eigenvalue weighted by Gasteiger charge is 2.04. The summed E-state index contributed by atoms with van der Waals surface area (Å²) >= 11 is 1.56. The Balaban J connectivity index is 1.87. The third-order valence-electron chi connectivity index (χ3n) is 2.28. The van der Waals surface area contributed by atoms with Crippen LogP contribution in [0.15, 0.2) is 27.4 Å². The standard InChI is InChI=1S/C11H12N4O2S/c1-7-2-3-18-9(7)6-12-14-10(16)4-8-5-11(17)15-13-8/h2-3,5-6H,4H2,1H3,(H,14,16)(H2,13,15,17)/b12-6-. The molecule has 0 aromatic carbocycles. The molecule has 1 amide bonds. The summed E-state index contributed by atoms with van der Waals surface area (Å²) in [6, 6.07) is 3.32. The van der Waals surface area contributed by atoms with Gasteiger partial charge in [0.25, 0.3) is 5.56 Å². The number of hydrazone groups is 1. The number of thiophene rings is 1. The minimum atomic E-state index is -0.282. The number of carbonyl (C=O) groups excluding carboxylic acids is 1. The van der Waals surface area contributed by atoms with Crippen molar-refractivity contribution in [3.8, 4) is 0 Å². The number of H-pyrrole nitrogens is 2. The van der Waals surface area contributed by atoms with Gasteiger partial charge in [0, 0.05) is 16.6 Å². The van der Waals surface area contributed by atoms with Crippen LogP contribution in [-0.2, 0) is 11.2 Å². The largest absolute Gasteiger partial charge is 0.302 e. The second-order valence-electron chi connectivity index (χ2n) is 3.72. The number of amides is 1. The maximum atomic E-state index is 11.5. The Morgan fingerprint density at radius 1 is 1.56 bits per heavy atom. The van der Waals surface area contributed by atoms with Crippen LogP contribution in [0.5, 0.6) is 0 Å². The highest BCUT2D eigenvalue weighted by Crippen LogP contribution is 2.12. The molecule has 2 aromatic heterocycles. The molecule has 2 heterocycles. The molecule has 6 nitrogen and oxygen atoms in total. The summed E-state index contributed by atoms with van der Waals surface area (Å²) in [6.07, 6.45) is 1.69. The molecule has 2 rings (SSSR count). The molecule has 7 heteroatoms. The summed E-state index contributed by atoms with van der Waals surface area (Å²) < 4.78 is 0. The lowest BCUT2D eigenvalue weighted by molar-refractivity contribution is -0.120. The molecule has 0 aliphatic heterocycles. The maximum absolute atomic E-state index is 11.5. The summed E-state index contributed by atoms with van der Waals surface area (Å²) in [6.45, 7) is 1.98. The van der Waals surface area contributed by atoms with Crippen molar-refractivity contribution in [1.82, 2.24) is 15.6 Å². The second-order valence-corrected chi connectivity index (χ2v) is 4.67. The van der Waals surface area contributed by atoms with Crippen molar-refractivity contribution >= 4 is 23.5 Å². The molecule has 0 aliphatic carbocycles. The smallest absolute Gasteiger partial charge is 0.264 e. The molecule has 3 N–H and O–H groups in total. The summed E-state index contributed by atoms with van der Waals surface area (Å²) in [4.78, 5) is 23.3. The predicted molar refractivity (Wildman–Crippen MR) is 69.9 cm³/mol. The van der Waals surface area contributed by atoms with Crippen LogP contribution in [0, 0.1) is 6.92 Å². The van der Waals surface area contributed by atoms with E-state index in [9.17, 15) is 9.59 Å². The summed E-state index contributed by atoms with van der Waals surface area (Å²) in [7, 11) is 0. The van der Waals surface area contributed by atoms with Crippen molar-refractivity contribution in [1.29, 1.82) is 0 Å². The molecule has 0 fully saturated rings. The summed E-state index contributed by atoms with van der Waals surface area (Å²) in [5.74, 6) is -0.282. The minimum Gasteiger partial charge on any atom is -0.302 e. The van der Waals surface area contributed by atoms with Gasteiger partial charge >= 0.3 is 0 Å². The van der Waals surface area contributed by atoms with Gasteiger partial charge in [-0.05, 0) is 23.9 Å². The molecule has 94 valence electrons. The number of nitrogens with one attached hydrogen (secondary N) is 3. The van der Waals surface area contributed by atoms with Gasteiger partial charge in [0.1, 0.15) is 0 Å². The quantitative estimate of drug-likeness (QED) is 0.562. The lowest BCUT2D eigenvalue weighted by atomic mass is 10.3. The zero-order valence-corrected chi connectivity index (χ0v) is 10.5. The predicted octanol–water partition coefficient (Wildman–Crippen LogP) is 0.766. The van der Waals surface area contributed by atoms with Gasteiger partial charge in [-0.2, -0.15) is 5.10 Å². The number of carbonyl (C=O) groups is 1. The third kappa shape index (κ3) is 3.17. The number of rotatable bonds is 4. The van der Waals surface area contributed by atoms with Crippen LogP contribution in [0.1, 0.15) is 16.1 Å². The molecule has 18 heavy (non-hydrogen) atoms. The van der Waals surface area contributed by atoms with E-state index in [1.807, 2.05) is 18.4 Å². The van der Waals surface area contributed by atoms with Crippen LogP contribution in [0.4, 0.5) is 0 Å². The van der Waals surface area contributed by atoms with E-state index in [-0.39, 0.29) is 17.9 Å². The van der Waals surface area contributed by atoms with Crippen LogP contribution in [0.2, 0.25) is 0 Å². The lowest BCUT2D eigenvalue weighted by Gasteiger charge is -1.96. The van der Waals surface area contributed by atoms with Crippen molar-refractivity contribution in [2.75, 3.05) is 0 Å². The highest BCUT2D eigenvalue weighted by molar-refractivity contribution is 7.11. The van der Waals surface area contributed by atoms with E-state index in [1.165, 1.54) is 6.07 Å². The topological polar surface area (TPSA) is 90.1 Å². The van der Waals surface area contributed by atoms with E-state index >= 15 is 0 Å². The Morgan fingerprint density at radius 2 is 2.39 bits per heavy atom. The first-order chi connectivity index (χ1) is 8.65. The zero-order valence-electron chi connectivity index (χ0n) is 9.69. The first-order valence-electron chi connectivity index (χ1n) is 5.28. The Hall–Kier alpha value is -2.15. The Bertz CT molecular complexity index is 623. The molecule has 0 spiro atoms. The molecule has 0 unspecified atom stereocenters. The van der Waals surface area contributed by atoms with Gasteiger partial charge in [-0.15, -0.1) is 11.3 Å². The fraction of sp³-hybridized carbons (Fsp3) is 0.182. The fourth-order valence-electron chi connectivity index (χ4n) is 1.36. The van der Waals surface area contributed by atoms with Gasteiger partial charge in [0.15, 0.2) is 0 Å². The van der Waals surface area contributed by atoms with Crippen LogP contribution in [0.25, 0.3) is 0 Å². The van der Waals surface area contributed by atoms with Gasteiger partial charge in [-0.3, -0.25) is 14.7 Å². The van der Waals surface area contributed by atoms with Crippen molar-refractivity contribution in [3.63, 3.8) is 0 Å². The first-order valence-corrected chi connectivity index (χ1v) is 6.15. The van der Waals surface area contributed by atoms with Crippen molar-refractivity contribution in [2.24, 2.45) is 5.10 Å². The fourth-order valence-corrected chi connectivity index (χ4v) is 2.15. The van der Waals surface area contributed by atoms with Crippen LogP contribution >= 0.6 is 11.3 Å². The summed E-state index contributed by atoms with van der Waals surface area (Å²) in [5.41, 5.74) is 3.80. The van der Waals surface area contributed by atoms with E-state index in [0.717, 1.165) is 10.4 Å². The van der Waals surface area contributed by atoms with E-state index < -0.39 is 0 Å². The molecule has 2 aromatic rings. The van der Waals surface area contributed by atoms with Crippen LogP contribution < -0.4 is 11.0 Å². The van der Waals surface area contributed by atoms with E-state index in [4.69, 9.17) is 0 Å². The van der Waals surface area contributed by atoms with E-state index in [0.29, 0.717) is 5.69 Å². The number of aromatic nitrogens is 2. The van der Waals surface area contributed by atoms with Gasteiger partial charge in [0.05, 0.1) is 12.6 Å². The number of nitrogens with zero attached hydrogens (tertiary/aromatic N) is 1. The molecule has 0 radical (unpaired) electrons. The molecular weight excluding hydrogens is 252 g/mol. The van der Waals surface area contributed by atoms with Gasteiger partial charge < -0.3 is 5.10 Å². The molecule has 0 saturated heterocycles. The Morgan fingerprint density at radius 3 is 3.00 bits per heavy atom. The van der Waals surface area contributed by atoms with Crippen LogP contribution in [0.3, 0.4) is 0 Å². The number of aromatic amines is 2. The monoisotopic (exact) mass is 264 g/mol. The van der Waals surface area contributed by atoms with Crippen molar-refractivity contribution in [3.05, 3.63) is 44.0 Å². The first kappa shape index (κ1) is 12.3.